The summed E-state index contributed by atoms with van der Waals surface area (Å²) in [7, 11) is 1.87. The van der Waals surface area contributed by atoms with Crippen LogP contribution in [0.2, 0.25) is 0 Å². The number of nitrogens with one attached hydrogen (secondary N) is 1. The van der Waals surface area contributed by atoms with Gasteiger partial charge in [0.15, 0.2) is 5.16 Å². The van der Waals surface area contributed by atoms with Crippen LogP contribution in [0, 0.1) is 0 Å². The molecule has 5 nitrogen and oxygen atoms in total. The number of rotatable bonds is 5. The molecule has 3 aromatic rings. The number of hydrogen-bond donors (Lipinski definition) is 1. The Hall–Kier alpha value is -2.33. The Labute approximate surface area is 161 Å². The maximum absolute atomic E-state index is 12.6. The molecule has 1 aromatic carbocycles. The molecule has 0 spiro atoms. The van der Waals surface area contributed by atoms with Gasteiger partial charge in [-0.25, -0.2) is 9.97 Å². The summed E-state index contributed by atoms with van der Waals surface area (Å²) in [4.78, 5) is 20.7. The molecule has 2 aromatic heterocycles. The highest BCUT2D eigenvalue weighted by molar-refractivity contribution is 7.98. The van der Waals surface area contributed by atoms with E-state index < -0.39 is 11.7 Å². The van der Waals surface area contributed by atoms with Gasteiger partial charge in [-0.05, 0) is 18.4 Å². The molecule has 0 unspecified atom stereocenters. The summed E-state index contributed by atoms with van der Waals surface area (Å²) >= 11 is 2.71. The van der Waals surface area contributed by atoms with E-state index in [-0.39, 0.29) is 11.6 Å². The van der Waals surface area contributed by atoms with Crippen molar-refractivity contribution in [1.82, 2.24) is 19.9 Å². The molecule has 3 rings (SSSR count). The van der Waals surface area contributed by atoms with Crippen LogP contribution >= 0.6 is 23.1 Å². The van der Waals surface area contributed by atoms with E-state index in [2.05, 4.69) is 15.3 Å². The first-order chi connectivity index (χ1) is 12.8. The maximum Gasteiger partial charge on any atom is 0.416 e. The van der Waals surface area contributed by atoms with E-state index in [4.69, 9.17) is 0 Å². The summed E-state index contributed by atoms with van der Waals surface area (Å²) < 4.78 is 39.8. The van der Waals surface area contributed by atoms with Gasteiger partial charge in [-0.3, -0.25) is 4.79 Å². The van der Waals surface area contributed by atoms with E-state index >= 15 is 0 Å². The minimum atomic E-state index is -4.38. The molecule has 0 saturated heterocycles. The zero-order valence-electron chi connectivity index (χ0n) is 14.4. The Morgan fingerprint density at radius 2 is 2.00 bits per heavy atom. The van der Waals surface area contributed by atoms with Gasteiger partial charge in [-0.15, -0.1) is 11.3 Å². The van der Waals surface area contributed by atoms with Crippen LogP contribution in [0.25, 0.3) is 10.6 Å². The van der Waals surface area contributed by atoms with E-state index in [0.717, 1.165) is 23.0 Å². The molecule has 0 saturated carbocycles. The third-order valence-electron chi connectivity index (χ3n) is 3.85. The van der Waals surface area contributed by atoms with Crippen LogP contribution in [0.5, 0.6) is 0 Å². The highest BCUT2D eigenvalue weighted by atomic mass is 32.2. The Kier molecular flexibility index (Phi) is 5.56. The highest BCUT2D eigenvalue weighted by Gasteiger charge is 2.30. The molecule has 1 amide bonds. The Balaban J connectivity index is 1.67. The second-order valence-electron chi connectivity index (χ2n) is 5.59. The molecule has 1 N–H and O–H groups in total. The normalized spacial score (nSPS) is 11.6. The fourth-order valence-corrected chi connectivity index (χ4v) is 3.71. The number of halogens is 3. The third kappa shape index (κ3) is 4.33. The SMILES string of the molecule is CSc1ncc(CNC(=O)c2csc(-c3ccc(C(F)(F)F)cc3)n2)n1C. The number of imidazole rings is 1. The molecule has 27 heavy (non-hydrogen) atoms. The average molecular weight is 412 g/mol. The summed E-state index contributed by atoms with van der Waals surface area (Å²) in [6.07, 6.45) is -0.766. The van der Waals surface area contributed by atoms with Crippen molar-refractivity contribution in [3.8, 4) is 10.6 Å². The summed E-state index contributed by atoms with van der Waals surface area (Å²) in [5, 5.41) is 5.69. The van der Waals surface area contributed by atoms with Gasteiger partial charge in [0.2, 0.25) is 0 Å². The van der Waals surface area contributed by atoms with Crippen molar-refractivity contribution in [2.24, 2.45) is 7.05 Å². The zero-order valence-corrected chi connectivity index (χ0v) is 16.0. The van der Waals surface area contributed by atoms with Crippen LogP contribution in [0.3, 0.4) is 0 Å². The van der Waals surface area contributed by atoms with E-state index in [9.17, 15) is 18.0 Å². The molecule has 0 fully saturated rings. The monoisotopic (exact) mass is 412 g/mol. The number of hydrogen-bond acceptors (Lipinski definition) is 5. The van der Waals surface area contributed by atoms with Gasteiger partial charge in [0.1, 0.15) is 10.7 Å². The van der Waals surface area contributed by atoms with Crippen LogP contribution in [0.4, 0.5) is 13.2 Å². The first kappa shape index (κ1) is 19.4. The minimum Gasteiger partial charge on any atom is -0.345 e. The van der Waals surface area contributed by atoms with E-state index in [1.165, 1.54) is 35.2 Å². The number of amides is 1. The first-order valence-electron chi connectivity index (χ1n) is 7.75. The fraction of sp³-hybridized carbons (Fsp3) is 0.235. The summed E-state index contributed by atoms with van der Waals surface area (Å²) in [6, 6.07) is 4.70. The number of aromatic nitrogens is 3. The quantitative estimate of drug-likeness (QED) is 0.638. The van der Waals surface area contributed by atoms with Crippen LogP contribution in [0.15, 0.2) is 41.0 Å². The highest BCUT2D eigenvalue weighted by Crippen LogP contribution is 2.31. The van der Waals surface area contributed by atoms with Gasteiger partial charge in [-0.1, -0.05) is 23.9 Å². The van der Waals surface area contributed by atoms with E-state index in [0.29, 0.717) is 17.1 Å². The molecule has 0 aliphatic heterocycles. The first-order valence-corrected chi connectivity index (χ1v) is 9.86. The van der Waals surface area contributed by atoms with Crippen LogP contribution in [0.1, 0.15) is 21.7 Å². The van der Waals surface area contributed by atoms with Gasteiger partial charge >= 0.3 is 6.18 Å². The molecule has 0 radical (unpaired) electrons. The molecule has 0 aliphatic rings. The smallest absolute Gasteiger partial charge is 0.345 e. The fourth-order valence-electron chi connectivity index (χ4n) is 2.35. The van der Waals surface area contributed by atoms with Crippen molar-refractivity contribution in [3.05, 3.63) is 52.8 Å². The number of thiazole rings is 1. The van der Waals surface area contributed by atoms with Gasteiger partial charge in [0.25, 0.3) is 5.91 Å². The van der Waals surface area contributed by atoms with Crippen molar-refractivity contribution in [3.63, 3.8) is 0 Å². The standard InChI is InChI=1S/C17H15F3N4OS2/c1-24-12(8-22-16(24)26-2)7-21-14(25)13-9-27-15(23-13)10-3-5-11(6-4-10)17(18,19)20/h3-6,8-9H,7H2,1-2H3,(H,21,25). The number of benzene rings is 1. The van der Waals surface area contributed by atoms with E-state index in [1.54, 1.807) is 11.6 Å². The van der Waals surface area contributed by atoms with Crippen molar-refractivity contribution in [2.75, 3.05) is 6.26 Å². The molecular formula is C17H15F3N4OS2. The Bertz CT molecular complexity index is 948. The topological polar surface area (TPSA) is 59.8 Å². The summed E-state index contributed by atoms with van der Waals surface area (Å²) in [5.74, 6) is -0.351. The zero-order chi connectivity index (χ0) is 19.6. The second-order valence-corrected chi connectivity index (χ2v) is 7.22. The number of carbonyl (C=O) groups is 1. The predicted molar refractivity (Wildman–Crippen MR) is 98.7 cm³/mol. The Morgan fingerprint density at radius 1 is 1.30 bits per heavy atom. The van der Waals surface area contributed by atoms with Crippen LogP contribution in [-0.4, -0.2) is 26.7 Å². The minimum absolute atomic E-state index is 0.224. The molecule has 0 bridgehead atoms. The molecule has 142 valence electrons. The van der Waals surface area contributed by atoms with E-state index in [1.807, 2.05) is 17.9 Å². The van der Waals surface area contributed by atoms with Crippen molar-refractivity contribution >= 4 is 29.0 Å². The number of carbonyl (C=O) groups excluding carboxylic acids is 1. The van der Waals surface area contributed by atoms with Crippen molar-refractivity contribution in [2.45, 2.75) is 17.9 Å². The van der Waals surface area contributed by atoms with Gasteiger partial charge < -0.3 is 9.88 Å². The second kappa shape index (κ2) is 7.73. The lowest BCUT2D eigenvalue weighted by Gasteiger charge is -2.06. The lowest BCUT2D eigenvalue weighted by Crippen LogP contribution is -2.24. The molecule has 2 heterocycles. The van der Waals surface area contributed by atoms with Gasteiger partial charge in [-0.2, -0.15) is 13.2 Å². The maximum atomic E-state index is 12.6. The largest absolute Gasteiger partial charge is 0.416 e. The number of nitrogens with zero attached hydrogens (tertiary/aromatic N) is 3. The lowest BCUT2D eigenvalue weighted by atomic mass is 10.1. The van der Waals surface area contributed by atoms with Gasteiger partial charge in [0, 0.05) is 18.0 Å². The molecular weight excluding hydrogens is 397 g/mol. The number of thioether (sulfide) groups is 1. The van der Waals surface area contributed by atoms with Gasteiger partial charge in [0.05, 0.1) is 24.0 Å². The molecule has 0 atom stereocenters. The molecule has 0 aliphatic carbocycles. The van der Waals surface area contributed by atoms with Crippen molar-refractivity contribution < 1.29 is 18.0 Å². The molecule has 10 heteroatoms. The van der Waals surface area contributed by atoms with Crippen LogP contribution in [-0.2, 0) is 19.8 Å². The third-order valence-corrected chi connectivity index (χ3v) is 5.49. The predicted octanol–water partition coefficient (Wildman–Crippen LogP) is 4.21. The van der Waals surface area contributed by atoms with Crippen LogP contribution < -0.4 is 5.32 Å². The number of alkyl halides is 3. The Morgan fingerprint density at radius 3 is 2.59 bits per heavy atom. The summed E-state index contributed by atoms with van der Waals surface area (Å²) in [6.45, 7) is 0.302. The lowest BCUT2D eigenvalue weighted by molar-refractivity contribution is -0.137. The average Bonchev–Trinajstić information content (AvgIpc) is 3.26. The van der Waals surface area contributed by atoms with Crippen molar-refractivity contribution in [1.29, 1.82) is 0 Å². The summed E-state index contributed by atoms with van der Waals surface area (Å²) in [5.41, 5.74) is 0.887.